The molecule has 1 aliphatic carbocycles. The maximum atomic E-state index is 13.0. The van der Waals surface area contributed by atoms with Crippen molar-refractivity contribution in [1.82, 2.24) is 24.6 Å². The van der Waals surface area contributed by atoms with Gasteiger partial charge >= 0.3 is 0 Å². The highest BCUT2D eigenvalue weighted by Crippen LogP contribution is 2.35. The fourth-order valence-corrected chi connectivity index (χ4v) is 3.38. The summed E-state index contributed by atoms with van der Waals surface area (Å²) in [5.74, 6) is 1.78. The molecule has 148 valence electrons. The maximum Gasteiger partial charge on any atom is 0.255 e. The van der Waals surface area contributed by atoms with Crippen molar-refractivity contribution in [1.29, 1.82) is 0 Å². The predicted octanol–water partition coefficient (Wildman–Crippen LogP) is 1.69. The van der Waals surface area contributed by atoms with Gasteiger partial charge < -0.3 is 19.7 Å². The van der Waals surface area contributed by atoms with E-state index in [1.165, 1.54) is 0 Å². The number of nitrogens with one attached hydrogen (secondary N) is 1. The number of rotatable bonds is 6. The zero-order valence-electron chi connectivity index (χ0n) is 16.4. The molecule has 9 nitrogen and oxygen atoms in total. The lowest BCUT2D eigenvalue weighted by Gasteiger charge is -2.30. The smallest absolute Gasteiger partial charge is 0.255 e. The number of carbonyl (C=O) groups is 2. The van der Waals surface area contributed by atoms with Crippen LogP contribution >= 0.6 is 0 Å². The van der Waals surface area contributed by atoms with Crippen LogP contribution in [0.2, 0.25) is 0 Å². The van der Waals surface area contributed by atoms with Gasteiger partial charge in [-0.15, -0.1) is 10.2 Å². The topological polar surface area (TPSA) is 96.2 Å². The van der Waals surface area contributed by atoms with Gasteiger partial charge in [-0.2, -0.15) is 0 Å². The van der Waals surface area contributed by atoms with E-state index in [0.717, 1.165) is 18.7 Å². The summed E-state index contributed by atoms with van der Waals surface area (Å²) in [6.07, 6.45) is 5.53. The lowest BCUT2D eigenvalue weighted by molar-refractivity contribution is -0.117. The number of nitrogens with zero attached hydrogens (tertiary/aromatic N) is 6. The standard InChI is InChI=1S/C19H25N7O2/c1-12(2)26-11-22-23-16(26)10-24(3)19(28)14-6-15-18(20-7-14)21-8-17(27)25(15)9-13-4-5-13/h6-7,11-13H,4-5,8-10H2,1-3H3,(H,20,21). The predicted molar refractivity (Wildman–Crippen MR) is 104 cm³/mol. The van der Waals surface area contributed by atoms with Gasteiger partial charge in [-0.25, -0.2) is 4.98 Å². The summed E-state index contributed by atoms with van der Waals surface area (Å²) in [5.41, 5.74) is 1.14. The molecule has 2 aromatic heterocycles. The normalized spacial score (nSPS) is 16.1. The molecule has 0 atom stereocenters. The van der Waals surface area contributed by atoms with E-state index in [4.69, 9.17) is 0 Å². The molecular weight excluding hydrogens is 358 g/mol. The number of hydrogen-bond acceptors (Lipinski definition) is 6. The maximum absolute atomic E-state index is 13.0. The fourth-order valence-electron chi connectivity index (χ4n) is 3.38. The zero-order chi connectivity index (χ0) is 19.8. The molecule has 1 aliphatic heterocycles. The van der Waals surface area contributed by atoms with Crippen LogP contribution in [0.1, 0.15) is 48.9 Å². The largest absolute Gasteiger partial charge is 0.359 e. The average molecular weight is 383 g/mol. The number of fused-ring (bicyclic) bond motifs is 1. The summed E-state index contributed by atoms with van der Waals surface area (Å²) in [5, 5.41) is 11.1. The first kappa shape index (κ1) is 18.4. The van der Waals surface area contributed by atoms with Gasteiger partial charge in [0.2, 0.25) is 5.91 Å². The highest BCUT2D eigenvalue weighted by atomic mass is 16.2. The van der Waals surface area contributed by atoms with E-state index >= 15 is 0 Å². The van der Waals surface area contributed by atoms with Crippen LogP contribution in [0, 0.1) is 5.92 Å². The van der Waals surface area contributed by atoms with Gasteiger partial charge in [0, 0.05) is 25.8 Å². The molecule has 9 heteroatoms. The third-order valence-electron chi connectivity index (χ3n) is 5.18. The van der Waals surface area contributed by atoms with Gasteiger partial charge in [-0.1, -0.05) is 0 Å². The Morgan fingerprint density at radius 3 is 2.89 bits per heavy atom. The van der Waals surface area contributed by atoms with E-state index in [-0.39, 0.29) is 24.4 Å². The van der Waals surface area contributed by atoms with E-state index in [1.807, 2.05) is 18.4 Å². The molecule has 0 unspecified atom stereocenters. The first-order valence-corrected chi connectivity index (χ1v) is 9.62. The van der Waals surface area contributed by atoms with Crippen molar-refractivity contribution in [3.63, 3.8) is 0 Å². The van der Waals surface area contributed by atoms with Crippen LogP contribution in [0.25, 0.3) is 0 Å². The number of anilines is 2. The highest BCUT2D eigenvalue weighted by Gasteiger charge is 2.32. The van der Waals surface area contributed by atoms with Gasteiger partial charge in [0.1, 0.15) is 12.1 Å². The number of aromatic nitrogens is 4. The molecule has 2 aromatic rings. The van der Waals surface area contributed by atoms with Crippen molar-refractivity contribution in [2.45, 2.75) is 39.3 Å². The minimum atomic E-state index is -0.169. The van der Waals surface area contributed by atoms with Crippen molar-refractivity contribution in [3.8, 4) is 0 Å². The van der Waals surface area contributed by atoms with Gasteiger partial charge in [0.15, 0.2) is 5.82 Å². The first-order chi connectivity index (χ1) is 13.4. The van der Waals surface area contributed by atoms with Crippen molar-refractivity contribution in [2.75, 3.05) is 30.4 Å². The molecule has 2 aliphatic rings. The second kappa shape index (κ2) is 7.21. The molecule has 3 heterocycles. The molecule has 1 fully saturated rings. The van der Waals surface area contributed by atoms with Crippen LogP contribution < -0.4 is 10.2 Å². The number of amides is 2. The molecule has 0 saturated heterocycles. The molecular formula is C19H25N7O2. The van der Waals surface area contributed by atoms with Gasteiger partial charge in [-0.3, -0.25) is 9.59 Å². The second-order valence-corrected chi connectivity index (χ2v) is 7.80. The minimum Gasteiger partial charge on any atom is -0.359 e. The minimum absolute atomic E-state index is 0.0178. The van der Waals surface area contributed by atoms with Crippen molar-refractivity contribution < 1.29 is 9.59 Å². The molecule has 0 aromatic carbocycles. The van der Waals surface area contributed by atoms with Crippen LogP contribution in [0.15, 0.2) is 18.6 Å². The molecule has 0 radical (unpaired) electrons. The Bertz CT molecular complexity index is 903. The Morgan fingerprint density at radius 2 is 2.18 bits per heavy atom. The van der Waals surface area contributed by atoms with E-state index in [9.17, 15) is 9.59 Å². The van der Waals surface area contributed by atoms with Crippen molar-refractivity contribution in [2.24, 2.45) is 5.92 Å². The Labute approximate surface area is 163 Å². The van der Waals surface area contributed by atoms with Crippen LogP contribution in [-0.4, -0.2) is 56.6 Å². The molecule has 1 saturated carbocycles. The summed E-state index contributed by atoms with van der Waals surface area (Å²) < 4.78 is 1.94. The summed E-state index contributed by atoms with van der Waals surface area (Å²) in [4.78, 5) is 33.1. The molecule has 2 amide bonds. The van der Waals surface area contributed by atoms with Crippen LogP contribution in [-0.2, 0) is 11.3 Å². The molecule has 0 spiro atoms. The van der Waals surface area contributed by atoms with Gasteiger partial charge in [0.05, 0.1) is 24.3 Å². The summed E-state index contributed by atoms with van der Waals surface area (Å²) >= 11 is 0. The zero-order valence-corrected chi connectivity index (χ0v) is 16.4. The number of hydrogen-bond donors (Lipinski definition) is 1. The third-order valence-corrected chi connectivity index (χ3v) is 5.18. The van der Waals surface area contributed by atoms with E-state index in [1.54, 1.807) is 35.4 Å². The molecule has 4 rings (SSSR count). The molecule has 1 N–H and O–H groups in total. The van der Waals surface area contributed by atoms with Gasteiger partial charge in [0.25, 0.3) is 5.91 Å². The quantitative estimate of drug-likeness (QED) is 0.816. The Balaban J connectivity index is 1.55. The SMILES string of the molecule is CC(C)n1cnnc1CN(C)C(=O)c1cnc2c(c1)N(CC1CC1)C(=O)CN2. The van der Waals surface area contributed by atoms with Crippen LogP contribution in [0.5, 0.6) is 0 Å². The summed E-state index contributed by atoms with van der Waals surface area (Å²) in [7, 11) is 1.73. The van der Waals surface area contributed by atoms with Crippen molar-refractivity contribution >= 4 is 23.3 Å². The molecule has 28 heavy (non-hydrogen) atoms. The Hall–Kier alpha value is -2.97. The van der Waals surface area contributed by atoms with Crippen LogP contribution in [0.3, 0.4) is 0 Å². The third kappa shape index (κ3) is 3.56. The second-order valence-electron chi connectivity index (χ2n) is 7.80. The lowest BCUT2D eigenvalue weighted by atomic mass is 10.1. The lowest BCUT2D eigenvalue weighted by Crippen LogP contribution is -2.41. The number of pyridine rings is 1. The van der Waals surface area contributed by atoms with E-state index in [2.05, 4.69) is 20.5 Å². The Morgan fingerprint density at radius 1 is 1.39 bits per heavy atom. The van der Waals surface area contributed by atoms with E-state index < -0.39 is 0 Å². The molecule has 0 bridgehead atoms. The Kier molecular flexibility index (Phi) is 4.74. The average Bonchev–Trinajstić information content (AvgIpc) is 3.38. The fraction of sp³-hybridized carbons (Fsp3) is 0.526. The van der Waals surface area contributed by atoms with E-state index in [0.29, 0.717) is 36.1 Å². The van der Waals surface area contributed by atoms with Crippen LogP contribution in [0.4, 0.5) is 11.5 Å². The van der Waals surface area contributed by atoms with Crippen molar-refractivity contribution in [3.05, 3.63) is 30.0 Å². The number of carbonyl (C=O) groups excluding carboxylic acids is 2. The first-order valence-electron chi connectivity index (χ1n) is 9.62. The highest BCUT2D eigenvalue weighted by molar-refractivity contribution is 6.04. The van der Waals surface area contributed by atoms with Gasteiger partial charge in [-0.05, 0) is 38.7 Å². The monoisotopic (exact) mass is 383 g/mol. The summed E-state index contributed by atoms with van der Waals surface area (Å²) in [6.45, 7) is 5.36. The summed E-state index contributed by atoms with van der Waals surface area (Å²) in [6, 6.07) is 1.98.